The first-order valence-electron chi connectivity index (χ1n) is 6.85. The Labute approximate surface area is 167 Å². The number of thioether (sulfide) groups is 1. The molecule has 1 aromatic carbocycles. The molecule has 0 N–H and O–H groups in total. The van der Waals surface area contributed by atoms with Crippen LogP contribution in [-0.2, 0) is 4.79 Å². The van der Waals surface area contributed by atoms with Gasteiger partial charge in [-0.15, -0.1) is 0 Å². The van der Waals surface area contributed by atoms with Gasteiger partial charge in [0.25, 0.3) is 5.91 Å². The predicted molar refractivity (Wildman–Crippen MR) is 113 cm³/mol. The van der Waals surface area contributed by atoms with Gasteiger partial charge in [-0.1, -0.05) is 30.9 Å². The minimum atomic E-state index is -0.00633. The zero-order chi connectivity index (χ0) is 16.3. The Hall–Kier alpha value is 0.130. The maximum absolute atomic E-state index is 12.5. The second kappa shape index (κ2) is 8.29. The number of ether oxygens (including phenoxy) is 1. The quantitative estimate of drug-likeness (QED) is 0.292. The van der Waals surface area contributed by atoms with Crippen molar-refractivity contribution >= 4 is 85.5 Å². The van der Waals surface area contributed by atoms with Gasteiger partial charge in [-0.3, -0.25) is 9.69 Å². The summed E-state index contributed by atoms with van der Waals surface area (Å²) in [6.07, 6.45) is 2.79. The first-order valence-corrected chi connectivity index (χ1v) is 10.2. The van der Waals surface area contributed by atoms with E-state index in [1.807, 2.05) is 26.0 Å². The van der Waals surface area contributed by atoms with Gasteiger partial charge in [0.2, 0.25) is 0 Å². The third-order valence-corrected chi connectivity index (χ3v) is 5.74. The molecular weight excluding hydrogens is 544 g/mol. The zero-order valence-electron chi connectivity index (χ0n) is 12.2. The molecule has 1 amide bonds. The lowest BCUT2D eigenvalue weighted by molar-refractivity contribution is -0.122. The normalized spacial score (nSPS) is 16.7. The summed E-state index contributed by atoms with van der Waals surface area (Å²) in [7, 11) is 0. The highest BCUT2D eigenvalue weighted by molar-refractivity contribution is 14.1. The van der Waals surface area contributed by atoms with Crippen molar-refractivity contribution in [3.05, 3.63) is 29.7 Å². The van der Waals surface area contributed by atoms with Crippen molar-refractivity contribution in [3.8, 4) is 5.75 Å². The van der Waals surface area contributed by atoms with Crippen LogP contribution in [0, 0.1) is 7.14 Å². The molecule has 1 aliphatic rings. The first kappa shape index (κ1) is 18.5. The summed E-state index contributed by atoms with van der Waals surface area (Å²) >= 11 is 11.2. The third-order valence-electron chi connectivity index (χ3n) is 2.93. The van der Waals surface area contributed by atoms with Crippen LogP contribution >= 0.6 is 69.2 Å². The molecule has 0 aliphatic carbocycles. The summed E-state index contributed by atoms with van der Waals surface area (Å²) in [5.41, 5.74) is 0.926. The van der Waals surface area contributed by atoms with Gasteiger partial charge in [0, 0.05) is 15.7 Å². The number of amides is 1. The highest BCUT2D eigenvalue weighted by Gasteiger charge is 2.31. The standard InChI is InChI=1S/C15H15I2NO2S2/c1-3-5-18-14(19)12(22-15(18)21)7-9-6-10(16)8-11(17)13(9)20-4-2/h6-8H,3-5H2,1-2H3/b12-7-. The highest BCUT2D eigenvalue weighted by Crippen LogP contribution is 2.36. The van der Waals surface area contributed by atoms with Gasteiger partial charge in [-0.05, 0) is 76.7 Å². The molecule has 1 fully saturated rings. The largest absolute Gasteiger partial charge is 0.492 e. The molecule has 1 aliphatic heterocycles. The fourth-order valence-corrected chi connectivity index (χ4v) is 5.39. The van der Waals surface area contributed by atoms with Crippen molar-refractivity contribution in [1.29, 1.82) is 0 Å². The van der Waals surface area contributed by atoms with Crippen LogP contribution in [0.5, 0.6) is 5.75 Å². The maximum atomic E-state index is 12.5. The number of thiocarbonyl (C=S) groups is 1. The maximum Gasteiger partial charge on any atom is 0.266 e. The summed E-state index contributed by atoms with van der Waals surface area (Å²) in [6, 6.07) is 4.09. The Kier molecular flexibility index (Phi) is 6.96. The molecule has 0 saturated carbocycles. The van der Waals surface area contributed by atoms with E-state index in [2.05, 4.69) is 51.2 Å². The fourth-order valence-electron chi connectivity index (χ4n) is 2.04. The Bertz CT molecular complexity index is 647. The van der Waals surface area contributed by atoms with Crippen LogP contribution in [-0.4, -0.2) is 28.3 Å². The van der Waals surface area contributed by atoms with E-state index in [9.17, 15) is 4.79 Å². The van der Waals surface area contributed by atoms with Gasteiger partial charge in [0.05, 0.1) is 15.1 Å². The average molecular weight is 559 g/mol. The highest BCUT2D eigenvalue weighted by atomic mass is 127. The third kappa shape index (κ3) is 4.15. The molecule has 118 valence electrons. The number of hydrogen-bond donors (Lipinski definition) is 0. The van der Waals surface area contributed by atoms with Crippen molar-refractivity contribution in [2.45, 2.75) is 20.3 Å². The second-order valence-electron chi connectivity index (χ2n) is 4.57. The summed E-state index contributed by atoms with van der Waals surface area (Å²) in [6.45, 7) is 5.26. The van der Waals surface area contributed by atoms with Gasteiger partial charge < -0.3 is 4.74 Å². The van der Waals surface area contributed by atoms with Gasteiger partial charge in [0.1, 0.15) is 10.1 Å². The lowest BCUT2D eigenvalue weighted by atomic mass is 10.2. The van der Waals surface area contributed by atoms with Crippen LogP contribution in [0.15, 0.2) is 17.0 Å². The van der Waals surface area contributed by atoms with Crippen LogP contribution in [0.4, 0.5) is 0 Å². The topological polar surface area (TPSA) is 29.5 Å². The monoisotopic (exact) mass is 559 g/mol. The van der Waals surface area contributed by atoms with E-state index in [1.54, 1.807) is 4.90 Å². The molecule has 1 heterocycles. The molecule has 0 bridgehead atoms. The Morgan fingerprint density at radius 3 is 2.73 bits per heavy atom. The van der Waals surface area contributed by atoms with E-state index >= 15 is 0 Å². The molecule has 3 nitrogen and oxygen atoms in total. The minimum absolute atomic E-state index is 0.00633. The molecule has 2 rings (SSSR count). The number of nitrogens with zero attached hydrogens (tertiary/aromatic N) is 1. The molecule has 0 radical (unpaired) electrons. The van der Waals surface area contributed by atoms with Crippen LogP contribution < -0.4 is 4.74 Å². The molecule has 7 heteroatoms. The predicted octanol–water partition coefficient (Wildman–Crippen LogP) is 4.91. The van der Waals surface area contributed by atoms with Crippen LogP contribution in [0.2, 0.25) is 0 Å². The second-order valence-corrected chi connectivity index (χ2v) is 8.66. The number of halogens is 2. The number of hydrogen-bond acceptors (Lipinski definition) is 4. The van der Waals surface area contributed by atoms with Crippen molar-refractivity contribution in [1.82, 2.24) is 4.90 Å². The number of carbonyl (C=O) groups is 1. The smallest absolute Gasteiger partial charge is 0.266 e. The summed E-state index contributed by atoms with van der Waals surface area (Å²) in [4.78, 5) is 14.8. The SMILES string of the molecule is CCCN1C(=O)/C(=C/c2cc(I)cc(I)c2OCC)SC1=S. The molecule has 1 saturated heterocycles. The van der Waals surface area contributed by atoms with E-state index in [0.717, 1.165) is 24.9 Å². The van der Waals surface area contributed by atoms with Crippen LogP contribution in [0.3, 0.4) is 0 Å². The molecule has 0 spiro atoms. The zero-order valence-corrected chi connectivity index (χ0v) is 18.1. The summed E-state index contributed by atoms with van der Waals surface area (Å²) < 4.78 is 8.54. The number of carbonyl (C=O) groups excluding carboxylic acids is 1. The summed E-state index contributed by atoms with van der Waals surface area (Å²) in [5.74, 6) is 0.817. The van der Waals surface area contributed by atoms with Crippen molar-refractivity contribution in [3.63, 3.8) is 0 Å². The number of benzene rings is 1. The van der Waals surface area contributed by atoms with Crippen molar-refractivity contribution < 1.29 is 9.53 Å². The van der Waals surface area contributed by atoms with Crippen LogP contribution in [0.25, 0.3) is 6.08 Å². The molecule has 0 atom stereocenters. The molecule has 0 aromatic heterocycles. The minimum Gasteiger partial charge on any atom is -0.492 e. The fraction of sp³-hybridized carbons (Fsp3) is 0.333. The van der Waals surface area contributed by atoms with E-state index < -0.39 is 0 Å². The number of rotatable bonds is 5. The van der Waals surface area contributed by atoms with Crippen LogP contribution in [0.1, 0.15) is 25.8 Å². The van der Waals surface area contributed by atoms with E-state index in [4.69, 9.17) is 17.0 Å². The van der Waals surface area contributed by atoms with E-state index in [0.29, 0.717) is 22.4 Å². The Morgan fingerprint density at radius 2 is 2.09 bits per heavy atom. The lowest BCUT2D eigenvalue weighted by Crippen LogP contribution is -2.28. The Morgan fingerprint density at radius 1 is 1.36 bits per heavy atom. The first-order chi connectivity index (χ1) is 10.5. The average Bonchev–Trinajstić information content (AvgIpc) is 2.71. The van der Waals surface area contributed by atoms with Gasteiger partial charge >= 0.3 is 0 Å². The van der Waals surface area contributed by atoms with Gasteiger partial charge in [-0.25, -0.2) is 0 Å². The molecule has 22 heavy (non-hydrogen) atoms. The molecular formula is C15H15I2NO2S2. The van der Waals surface area contributed by atoms with Gasteiger partial charge in [-0.2, -0.15) is 0 Å². The van der Waals surface area contributed by atoms with E-state index in [1.165, 1.54) is 11.8 Å². The summed E-state index contributed by atoms with van der Waals surface area (Å²) in [5, 5.41) is 0. The lowest BCUT2D eigenvalue weighted by Gasteiger charge is -2.12. The van der Waals surface area contributed by atoms with Crippen molar-refractivity contribution in [2.24, 2.45) is 0 Å². The molecule has 1 aromatic rings. The Balaban J connectivity index is 2.41. The van der Waals surface area contributed by atoms with E-state index in [-0.39, 0.29) is 5.91 Å². The molecule has 0 unspecified atom stereocenters. The van der Waals surface area contributed by atoms with Crippen molar-refractivity contribution in [2.75, 3.05) is 13.2 Å². The van der Waals surface area contributed by atoms with Gasteiger partial charge in [0.15, 0.2) is 0 Å².